The number of amides is 2. The highest BCUT2D eigenvalue weighted by molar-refractivity contribution is 7.92. The molecule has 0 saturated carbocycles. The van der Waals surface area contributed by atoms with Crippen LogP contribution in [-0.4, -0.2) is 50.4 Å². The third-order valence-electron chi connectivity index (χ3n) is 7.10. The summed E-state index contributed by atoms with van der Waals surface area (Å²) in [5, 5.41) is 3.73. The predicted octanol–water partition coefficient (Wildman–Crippen LogP) is 6.75. The maximum absolute atomic E-state index is 14.5. The average molecular weight is 683 g/mol. The quantitative estimate of drug-likeness (QED) is 0.178. The molecule has 11 heteroatoms. The van der Waals surface area contributed by atoms with Gasteiger partial charge in [0.2, 0.25) is 11.8 Å². The molecule has 1 N–H and O–H groups in total. The molecular formula is C35H37Cl2N3O5S. The number of hydrogen-bond acceptors (Lipinski definition) is 5. The molecule has 1 atom stereocenters. The van der Waals surface area contributed by atoms with Crippen molar-refractivity contribution in [3.05, 3.63) is 124 Å². The van der Waals surface area contributed by atoms with Gasteiger partial charge in [-0.1, -0.05) is 77.8 Å². The summed E-state index contributed by atoms with van der Waals surface area (Å²) >= 11 is 12.7. The van der Waals surface area contributed by atoms with Crippen molar-refractivity contribution in [2.45, 2.75) is 50.2 Å². The highest BCUT2D eigenvalue weighted by Crippen LogP contribution is 2.28. The molecule has 4 aromatic carbocycles. The Morgan fingerprint density at radius 3 is 2.04 bits per heavy atom. The standard InChI is InChI=1S/C35H37Cl2N3O5S/c1-35(2,3)38-34(42)32(21-25-11-7-5-8-12-25)39(23-26-15-16-27(36)22-31(26)37)33(41)24-40(28-13-9-6-10-14-28)46(43,44)30-19-17-29(45-4)18-20-30/h5-20,22,32H,21,23-24H2,1-4H3,(H,38,42). The third kappa shape index (κ3) is 9.02. The average Bonchev–Trinajstić information content (AvgIpc) is 3.02. The fraction of sp³-hybridized carbons (Fsp3) is 0.257. The maximum atomic E-state index is 14.5. The van der Waals surface area contributed by atoms with Crippen molar-refractivity contribution in [1.29, 1.82) is 0 Å². The number of rotatable bonds is 12. The monoisotopic (exact) mass is 681 g/mol. The minimum Gasteiger partial charge on any atom is -0.497 e. The second-order valence-corrected chi connectivity index (χ2v) is 14.4. The van der Waals surface area contributed by atoms with Gasteiger partial charge in [-0.3, -0.25) is 13.9 Å². The second-order valence-electron chi connectivity index (χ2n) is 11.7. The number of nitrogens with one attached hydrogen (secondary N) is 1. The summed E-state index contributed by atoms with van der Waals surface area (Å²) in [6.45, 7) is 4.90. The summed E-state index contributed by atoms with van der Waals surface area (Å²) in [6.07, 6.45) is 0.177. The predicted molar refractivity (Wildman–Crippen MR) is 183 cm³/mol. The molecule has 0 radical (unpaired) electrons. The summed E-state index contributed by atoms with van der Waals surface area (Å²) in [5.74, 6) is -0.503. The summed E-state index contributed by atoms with van der Waals surface area (Å²) in [5.41, 5.74) is 1.05. The first-order chi connectivity index (χ1) is 21.8. The zero-order valence-corrected chi connectivity index (χ0v) is 28.4. The van der Waals surface area contributed by atoms with Gasteiger partial charge in [0.05, 0.1) is 17.7 Å². The Hall–Kier alpha value is -4.05. The fourth-order valence-corrected chi connectivity index (χ4v) is 6.72. The van der Waals surface area contributed by atoms with E-state index in [0.29, 0.717) is 21.4 Å². The number of para-hydroxylation sites is 1. The highest BCUT2D eigenvalue weighted by atomic mass is 35.5. The number of methoxy groups -OCH3 is 1. The summed E-state index contributed by atoms with van der Waals surface area (Å²) in [6, 6.07) is 27.5. The molecule has 1 unspecified atom stereocenters. The smallest absolute Gasteiger partial charge is 0.264 e. The molecule has 8 nitrogen and oxygen atoms in total. The van der Waals surface area contributed by atoms with Crippen molar-refractivity contribution in [3.8, 4) is 5.75 Å². The van der Waals surface area contributed by atoms with Crippen LogP contribution in [0, 0.1) is 0 Å². The Morgan fingerprint density at radius 2 is 1.48 bits per heavy atom. The van der Waals surface area contributed by atoms with E-state index in [1.54, 1.807) is 60.7 Å². The number of hydrogen-bond donors (Lipinski definition) is 1. The van der Waals surface area contributed by atoms with Gasteiger partial charge in [-0.05, 0) is 80.4 Å². The van der Waals surface area contributed by atoms with E-state index in [4.69, 9.17) is 27.9 Å². The van der Waals surface area contributed by atoms with Crippen LogP contribution in [0.2, 0.25) is 10.0 Å². The normalized spacial score (nSPS) is 12.2. The second kappa shape index (κ2) is 15.0. The van der Waals surface area contributed by atoms with Crippen molar-refractivity contribution in [2.75, 3.05) is 18.0 Å². The van der Waals surface area contributed by atoms with Crippen LogP contribution in [0.25, 0.3) is 0 Å². The molecule has 0 saturated heterocycles. The number of sulfonamides is 1. The lowest BCUT2D eigenvalue weighted by Gasteiger charge is -2.35. The van der Waals surface area contributed by atoms with Crippen LogP contribution in [0.5, 0.6) is 5.75 Å². The van der Waals surface area contributed by atoms with Crippen LogP contribution < -0.4 is 14.4 Å². The van der Waals surface area contributed by atoms with Crippen LogP contribution in [0.1, 0.15) is 31.9 Å². The zero-order valence-electron chi connectivity index (χ0n) is 26.1. The first kappa shape index (κ1) is 34.8. The molecule has 4 aromatic rings. The number of benzene rings is 4. The van der Waals surface area contributed by atoms with Crippen LogP contribution >= 0.6 is 23.2 Å². The Morgan fingerprint density at radius 1 is 0.870 bits per heavy atom. The van der Waals surface area contributed by atoms with Gasteiger partial charge in [0.15, 0.2) is 0 Å². The number of ether oxygens (including phenoxy) is 1. The zero-order chi connectivity index (χ0) is 33.5. The van der Waals surface area contributed by atoms with Gasteiger partial charge in [-0.2, -0.15) is 0 Å². The lowest BCUT2D eigenvalue weighted by Crippen LogP contribution is -2.56. The number of carbonyl (C=O) groups excluding carboxylic acids is 2. The van der Waals surface area contributed by atoms with Gasteiger partial charge in [-0.15, -0.1) is 0 Å². The van der Waals surface area contributed by atoms with Gasteiger partial charge in [0.25, 0.3) is 10.0 Å². The van der Waals surface area contributed by atoms with Crippen LogP contribution in [0.4, 0.5) is 5.69 Å². The van der Waals surface area contributed by atoms with E-state index in [0.717, 1.165) is 9.87 Å². The topological polar surface area (TPSA) is 96.0 Å². The third-order valence-corrected chi connectivity index (χ3v) is 9.47. The summed E-state index contributed by atoms with van der Waals surface area (Å²) < 4.78 is 34.5. The highest BCUT2D eigenvalue weighted by Gasteiger charge is 2.36. The van der Waals surface area contributed by atoms with E-state index in [1.165, 1.54) is 24.1 Å². The lowest BCUT2D eigenvalue weighted by molar-refractivity contribution is -0.140. The van der Waals surface area contributed by atoms with E-state index in [1.807, 2.05) is 51.1 Å². The molecule has 0 aromatic heterocycles. The first-order valence-electron chi connectivity index (χ1n) is 14.6. The van der Waals surface area contributed by atoms with Crippen molar-refractivity contribution in [1.82, 2.24) is 10.2 Å². The molecule has 0 bridgehead atoms. The van der Waals surface area contributed by atoms with E-state index < -0.39 is 34.1 Å². The van der Waals surface area contributed by atoms with Crippen molar-refractivity contribution in [2.24, 2.45) is 0 Å². The molecule has 4 rings (SSSR count). The Kier molecular flexibility index (Phi) is 11.4. The van der Waals surface area contributed by atoms with Crippen molar-refractivity contribution >= 4 is 50.7 Å². The fourth-order valence-electron chi connectivity index (χ4n) is 4.84. The van der Waals surface area contributed by atoms with Gasteiger partial charge >= 0.3 is 0 Å². The molecule has 0 spiro atoms. The maximum Gasteiger partial charge on any atom is 0.264 e. The van der Waals surface area contributed by atoms with Gasteiger partial charge in [0, 0.05) is 28.5 Å². The lowest BCUT2D eigenvalue weighted by atomic mass is 10.0. The molecule has 2 amide bonds. The SMILES string of the molecule is COc1ccc(S(=O)(=O)N(CC(=O)N(Cc2ccc(Cl)cc2Cl)C(Cc2ccccc2)C(=O)NC(C)(C)C)c2ccccc2)cc1. The van der Waals surface area contributed by atoms with Crippen molar-refractivity contribution < 1.29 is 22.7 Å². The van der Waals surface area contributed by atoms with Crippen LogP contribution in [0.15, 0.2) is 108 Å². The summed E-state index contributed by atoms with van der Waals surface area (Å²) in [4.78, 5) is 29.9. The van der Waals surface area contributed by atoms with E-state index in [9.17, 15) is 18.0 Å². The molecule has 0 fully saturated rings. The van der Waals surface area contributed by atoms with Crippen LogP contribution in [-0.2, 0) is 32.6 Å². The molecule has 0 aliphatic rings. The number of halogens is 2. The minimum atomic E-state index is -4.24. The minimum absolute atomic E-state index is 0.0245. The molecule has 46 heavy (non-hydrogen) atoms. The van der Waals surface area contributed by atoms with Gasteiger partial charge in [-0.25, -0.2) is 8.42 Å². The van der Waals surface area contributed by atoms with Crippen molar-refractivity contribution in [3.63, 3.8) is 0 Å². The van der Waals surface area contributed by atoms with E-state index in [2.05, 4.69) is 5.32 Å². The number of nitrogens with zero attached hydrogens (tertiary/aromatic N) is 2. The first-order valence-corrected chi connectivity index (χ1v) is 16.8. The number of anilines is 1. The van der Waals surface area contributed by atoms with Gasteiger partial charge in [0.1, 0.15) is 18.3 Å². The molecule has 242 valence electrons. The summed E-state index contributed by atoms with van der Waals surface area (Å²) in [7, 11) is -2.75. The Balaban J connectivity index is 1.82. The molecular weight excluding hydrogens is 645 g/mol. The molecule has 0 aliphatic heterocycles. The largest absolute Gasteiger partial charge is 0.497 e. The van der Waals surface area contributed by atoms with Gasteiger partial charge < -0.3 is 15.0 Å². The molecule has 0 aliphatic carbocycles. The Bertz CT molecular complexity index is 1750. The van der Waals surface area contributed by atoms with E-state index in [-0.39, 0.29) is 29.5 Å². The number of carbonyl (C=O) groups is 2. The molecule has 0 heterocycles. The van der Waals surface area contributed by atoms with E-state index >= 15 is 0 Å². The Labute approximate surface area is 280 Å². The van der Waals surface area contributed by atoms with Crippen LogP contribution in [0.3, 0.4) is 0 Å².